The molecule has 0 aliphatic heterocycles. The van der Waals surface area contributed by atoms with Crippen LogP contribution in [0.5, 0.6) is 0 Å². The lowest BCUT2D eigenvalue weighted by atomic mass is 10.2. The molecule has 0 aliphatic carbocycles. The van der Waals surface area contributed by atoms with Crippen molar-refractivity contribution >= 4 is 39.5 Å². The molecule has 0 fully saturated rings. The molecule has 0 amide bonds. The minimum absolute atomic E-state index is 0.134. The first-order valence-corrected chi connectivity index (χ1v) is 9.06. The third-order valence-corrected chi connectivity index (χ3v) is 5.50. The van der Waals surface area contributed by atoms with Gasteiger partial charge in [-0.05, 0) is 29.5 Å². The van der Waals surface area contributed by atoms with E-state index < -0.39 is 10.8 Å². The van der Waals surface area contributed by atoms with Gasteiger partial charge in [0, 0.05) is 33.7 Å². The molecule has 2 nitrogen and oxygen atoms in total. The Bertz CT molecular complexity index is 594. The summed E-state index contributed by atoms with van der Waals surface area (Å²) in [5.74, 6) is 1.12. The molecule has 2 rings (SSSR count). The van der Waals surface area contributed by atoms with E-state index in [-0.39, 0.29) is 5.78 Å². The van der Waals surface area contributed by atoms with E-state index in [2.05, 4.69) is 0 Å². The number of hydrogen-bond acceptors (Lipinski definition) is 3. The summed E-state index contributed by atoms with van der Waals surface area (Å²) in [6.45, 7) is 0. The molecule has 1 aromatic carbocycles. The van der Waals surface area contributed by atoms with Crippen LogP contribution in [0.3, 0.4) is 0 Å². The van der Waals surface area contributed by atoms with Crippen LogP contribution in [0.1, 0.15) is 28.1 Å². The molecule has 0 saturated carbocycles. The zero-order valence-electron chi connectivity index (χ0n) is 10.9. The van der Waals surface area contributed by atoms with Crippen LogP contribution in [0.15, 0.2) is 41.8 Å². The molecular formula is C15H15ClO2S2. The van der Waals surface area contributed by atoms with Crippen LogP contribution < -0.4 is 0 Å². The lowest BCUT2D eigenvalue weighted by Crippen LogP contribution is -2.04. The van der Waals surface area contributed by atoms with E-state index in [1.807, 2.05) is 35.7 Å². The maximum Gasteiger partial charge on any atom is 0.172 e. The van der Waals surface area contributed by atoms with Crippen molar-refractivity contribution in [3.63, 3.8) is 0 Å². The predicted octanol–water partition coefficient (Wildman–Crippen LogP) is 4.31. The fraction of sp³-hybridized carbons (Fsp3) is 0.267. The number of hydrogen-bond donors (Lipinski definition) is 0. The van der Waals surface area contributed by atoms with Crippen molar-refractivity contribution in [3.8, 4) is 0 Å². The van der Waals surface area contributed by atoms with E-state index in [9.17, 15) is 9.00 Å². The van der Waals surface area contributed by atoms with Gasteiger partial charge in [-0.25, -0.2) is 0 Å². The van der Waals surface area contributed by atoms with Crippen LogP contribution >= 0.6 is 22.9 Å². The van der Waals surface area contributed by atoms with Crippen molar-refractivity contribution in [1.82, 2.24) is 0 Å². The van der Waals surface area contributed by atoms with Gasteiger partial charge in [-0.3, -0.25) is 9.00 Å². The van der Waals surface area contributed by atoms with Crippen molar-refractivity contribution in [2.24, 2.45) is 0 Å². The molecule has 1 atom stereocenters. The smallest absolute Gasteiger partial charge is 0.172 e. The van der Waals surface area contributed by atoms with Gasteiger partial charge in [0.1, 0.15) is 0 Å². The lowest BCUT2D eigenvalue weighted by Gasteiger charge is -2.04. The summed E-state index contributed by atoms with van der Waals surface area (Å²) in [6.07, 6.45) is 1.10. The number of halogens is 1. The largest absolute Gasteiger partial charge is 0.293 e. The fourth-order valence-corrected chi connectivity index (χ4v) is 4.00. The molecule has 0 spiro atoms. The van der Waals surface area contributed by atoms with E-state index in [1.165, 1.54) is 11.3 Å². The number of carbonyl (C=O) groups is 1. The number of rotatable bonds is 7. The first-order valence-electron chi connectivity index (χ1n) is 6.32. The SMILES string of the molecule is O=C(CCCS(=O)Cc1ccccc1Cl)c1cccs1. The Hall–Kier alpha value is -0.970. The number of thiophene rings is 1. The Balaban J connectivity index is 1.76. The Kier molecular flexibility index (Phi) is 5.95. The lowest BCUT2D eigenvalue weighted by molar-refractivity contribution is 0.0986. The average Bonchev–Trinajstić information content (AvgIpc) is 2.95. The van der Waals surface area contributed by atoms with Crippen molar-refractivity contribution in [1.29, 1.82) is 0 Å². The molecule has 5 heteroatoms. The maximum atomic E-state index is 12.0. The fourth-order valence-electron chi connectivity index (χ4n) is 1.82. The van der Waals surface area contributed by atoms with Crippen molar-refractivity contribution < 1.29 is 9.00 Å². The van der Waals surface area contributed by atoms with Crippen molar-refractivity contribution in [2.45, 2.75) is 18.6 Å². The first-order chi connectivity index (χ1) is 9.66. The number of ketones is 1. The van der Waals surface area contributed by atoms with Gasteiger partial charge in [-0.2, -0.15) is 0 Å². The second kappa shape index (κ2) is 7.72. The monoisotopic (exact) mass is 326 g/mol. The van der Waals surface area contributed by atoms with Gasteiger partial charge in [0.05, 0.1) is 4.88 Å². The molecule has 1 heterocycles. The highest BCUT2D eigenvalue weighted by Crippen LogP contribution is 2.17. The van der Waals surface area contributed by atoms with Gasteiger partial charge >= 0.3 is 0 Å². The second-order valence-electron chi connectivity index (χ2n) is 4.38. The topological polar surface area (TPSA) is 34.1 Å². The summed E-state index contributed by atoms with van der Waals surface area (Å²) in [5.41, 5.74) is 0.900. The van der Waals surface area contributed by atoms with Crippen LogP contribution in [-0.2, 0) is 16.6 Å². The molecule has 1 unspecified atom stereocenters. The summed E-state index contributed by atoms with van der Waals surface area (Å²) in [5, 5.41) is 2.54. The molecule has 0 aliphatic rings. The van der Waals surface area contributed by atoms with Gasteiger partial charge in [0.2, 0.25) is 0 Å². The van der Waals surface area contributed by atoms with E-state index in [1.54, 1.807) is 6.07 Å². The summed E-state index contributed by atoms with van der Waals surface area (Å²) in [6, 6.07) is 11.1. The number of benzene rings is 1. The number of Topliss-reactive ketones (excluding diaryl/α,β-unsaturated/α-hetero) is 1. The highest BCUT2D eigenvalue weighted by atomic mass is 35.5. The molecule has 106 valence electrons. The molecule has 1 aromatic heterocycles. The average molecular weight is 327 g/mol. The molecule has 0 N–H and O–H groups in total. The van der Waals surface area contributed by atoms with Gasteiger partial charge in [0.25, 0.3) is 0 Å². The van der Waals surface area contributed by atoms with Crippen LogP contribution in [-0.4, -0.2) is 15.7 Å². The van der Waals surface area contributed by atoms with Gasteiger partial charge in [0.15, 0.2) is 5.78 Å². The van der Waals surface area contributed by atoms with Crippen molar-refractivity contribution in [3.05, 3.63) is 57.2 Å². The highest BCUT2D eigenvalue weighted by molar-refractivity contribution is 7.84. The normalized spacial score (nSPS) is 12.2. The van der Waals surface area contributed by atoms with Crippen molar-refractivity contribution in [2.75, 3.05) is 5.75 Å². The zero-order chi connectivity index (χ0) is 14.4. The third-order valence-electron chi connectivity index (χ3n) is 2.85. The maximum absolute atomic E-state index is 12.0. The quantitative estimate of drug-likeness (QED) is 0.710. The third kappa shape index (κ3) is 4.54. The molecule has 0 saturated heterocycles. The van der Waals surface area contributed by atoms with E-state index in [4.69, 9.17) is 11.6 Å². The highest BCUT2D eigenvalue weighted by Gasteiger charge is 2.09. The Morgan fingerprint density at radius 1 is 1.20 bits per heavy atom. The molecular weight excluding hydrogens is 312 g/mol. The predicted molar refractivity (Wildman–Crippen MR) is 86.0 cm³/mol. The summed E-state index contributed by atoms with van der Waals surface area (Å²) >= 11 is 7.48. The van der Waals surface area contributed by atoms with E-state index >= 15 is 0 Å². The summed E-state index contributed by atoms with van der Waals surface area (Å²) in [7, 11) is -0.978. The van der Waals surface area contributed by atoms with Crippen LogP contribution in [0.4, 0.5) is 0 Å². The molecule has 0 bridgehead atoms. The van der Waals surface area contributed by atoms with E-state index in [0.29, 0.717) is 29.4 Å². The standard InChI is InChI=1S/C15H15ClO2S2/c16-13-6-2-1-5-12(13)11-20(18)10-4-7-14(17)15-8-3-9-19-15/h1-3,5-6,8-9H,4,7,10-11H2. The second-order valence-corrected chi connectivity index (χ2v) is 7.32. The minimum atomic E-state index is -0.978. The first kappa shape index (κ1) is 15.4. The molecule has 0 radical (unpaired) electrons. The molecule has 20 heavy (non-hydrogen) atoms. The zero-order valence-corrected chi connectivity index (χ0v) is 13.3. The Morgan fingerprint density at radius 2 is 2.00 bits per heavy atom. The van der Waals surface area contributed by atoms with Crippen LogP contribution in [0.25, 0.3) is 0 Å². The molecule has 2 aromatic rings. The Labute approximate surface area is 130 Å². The van der Waals surface area contributed by atoms with E-state index in [0.717, 1.165) is 10.4 Å². The van der Waals surface area contributed by atoms with Crippen LogP contribution in [0, 0.1) is 0 Å². The van der Waals surface area contributed by atoms with Gasteiger partial charge in [-0.15, -0.1) is 11.3 Å². The summed E-state index contributed by atoms with van der Waals surface area (Å²) in [4.78, 5) is 12.6. The minimum Gasteiger partial charge on any atom is -0.293 e. The van der Waals surface area contributed by atoms with Crippen LogP contribution in [0.2, 0.25) is 5.02 Å². The van der Waals surface area contributed by atoms with Gasteiger partial charge in [-0.1, -0.05) is 35.9 Å². The Morgan fingerprint density at radius 3 is 2.70 bits per heavy atom. The number of carbonyl (C=O) groups excluding carboxylic acids is 1. The summed E-state index contributed by atoms with van der Waals surface area (Å²) < 4.78 is 12.0. The van der Waals surface area contributed by atoms with Gasteiger partial charge < -0.3 is 0 Å².